The summed E-state index contributed by atoms with van der Waals surface area (Å²) in [6.07, 6.45) is 2.94. The fourth-order valence-electron chi connectivity index (χ4n) is 5.14. The molecule has 7 nitrogen and oxygen atoms in total. The minimum atomic E-state index is -0.390. The Morgan fingerprint density at radius 1 is 1.30 bits per heavy atom. The number of amides is 2. The summed E-state index contributed by atoms with van der Waals surface area (Å²) < 4.78 is 4.91. The van der Waals surface area contributed by atoms with Crippen molar-refractivity contribution in [1.29, 1.82) is 0 Å². The number of H-pyrrole nitrogens is 1. The number of thiazole rings is 1. The Bertz CT molecular complexity index is 948. The molecule has 2 aliphatic heterocycles. The van der Waals surface area contributed by atoms with Crippen LogP contribution in [-0.2, 0) is 19.1 Å². The molecule has 4 aliphatic rings. The third-order valence-electron chi connectivity index (χ3n) is 6.09. The molecule has 1 aromatic rings. The summed E-state index contributed by atoms with van der Waals surface area (Å²) in [5, 5.41) is 1.02. The largest absolute Gasteiger partial charge is 0.466 e. The molecule has 5 atom stereocenters. The van der Waals surface area contributed by atoms with Gasteiger partial charge in [-0.3, -0.25) is 24.1 Å². The van der Waals surface area contributed by atoms with Crippen LogP contribution in [0.1, 0.15) is 24.6 Å². The van der Waals surface area contributed by atoms with Crippen LogP contribution in [0.5, 0.6) is 0 Å². The lowest BCUT2D eigenvalue weighted by atomic mass is 9.77. The number of likely N-dealkylation sites (tertiary alicyclic amines) is 1. The van der Waals surface area contributed by atoms with Gasteiger partial charge in [0.15, 0.2) is 0 Å². The Kier molecular flexibility index (Phi) is 3.87. The highest BCUT2D eigenvalue weighted by Gasteiger charge is 2.66. The van der Waals surface area contributed by atoms with Crippen molar-refractivity contribution in [2.75, 3.05) is 13.2 Å². The molecule has 2 bridgehead atoms. The lowest BCUT2D eigenvalue weighted by Gasteiger charge is -2.32. The molecule has 5 rings (SSSR count). The summed E-state index contributed by atoms with van der Waals surface area (Å²) in [6, 6.07) is 0. The number of aromatic amines is 1. The van der Waals surface area contributed by atoms with Gasteiger partial charge in [0.1, 0.15) is 0 Å². The first-order chi connectivity index (χ1) is 13.0. The van der Waals surface area contributed by atoms with E-state index in [-0.39, 0.29) is 65.2 Å². The van der Waals surface area contributed by atoms with E-state index in [9.17, 15) is 19.2 Å². The Morgan fingerprint density at radius 2 is 2.07 bits per heavy atom. The van der Waals surface area contributed by atoms with E-state index >= 15 is 0 Å². The van der Waals surface area contributed by atoms with Gasteiger partial charge in [0.2, 0.25) is 11.8 Å². The molecule has 2 amide bonds. The fourth-order valence-corrected chi connectivity index (χ4v) is 7.58. The summed E-state index contributed by atoms with van der Waals surface area (Å²) in [7, 11) is 0. The predicted molar refractivity (Wildman–Crippen MR) is 99.1 cm³/mol. The number of fused-ring (bicyclic) bond motifs is 9. The molecular weight excluding hydrogens is 388 g/mol. The molecule has 0 aromatic carbocycles. The quantitative estimate of drug-likeness (QED) is 0.601. The average molecular weight is 406 g/mol. The van der Waals surface area contributed by atoms with Gasteiger partial charge < -0.3 is 9.72 Å². The maximum Gasteiger partial charge on any atom is 0.307 e. The van der Waals surface area contributed by atoms with E-state index in [0.29, 0.717) is 0 Å². The van der Waals surface area contributed by atoms with Gasteiger partial charge in [-0.1, -0.05) is 28.7 Å². The van der Waals surface area contributed by atoms with Crippen molar-refractivity contribution < 1.29 is 19.1 Å². The van der Waals surface area contributed by atoms with Crippen molar-refractivity contribution in [3.63, 3.8) is 0 Å². The first kappa shape index (κ1) is 17.2. The van der Waals surface area contributed by atoms with Crippen molar-refractivity contribution in [3.05, 3.63) is 20.1 Å². The van der Waals surface area contributed by atoms with Crippen LogP contribution < -0.4 is 4.87 Å². The van der Waals surface area contributed by atoms with Gasteiger partial charge in [-0.2, -0.15) is 0 Å². The minimum absolute atomic E-state index is 0.0412. The lowest BCUT2D eigenvalue weighted by Crippen LogP contribution is -2.35. The Balaban J connectivity index is 1.40. The maximum absolute atomic E-state index is 13.0. The van der Waals surface area contributed by atoms with Crippen LogP contribution in [0.3, 0.4) is 0 Å². The topological polar surface area (TPSA) is 96.5 Å². The second-order valence-electron chi connectivity index (χ2n) is 7.33. The summed E-state index contributed by atoms with van der Waals surface area (Å²) >= 11 is 2.81. The van der Waals surface area contributed by atoms with E-state index in [1.807, 2.05) is 0 Å². The van der Waals surface area contributed by atoms with Crippen molar-refractivity contribution >= 4 is 47.0 Å². The van der Waals surface area contributed by atoms with Gasteiger partial charge in [-0.05, 0) is 31.3 Å². The number of rotatable bonds is 4. The van der Waals surface area contributed by atoms with E-state index in [4.69, 9.17) is 4.74 Å². The van der Waals surface area contributed by atoms with Gasteiger partial charge in [-0.15, -0.1) is 0 Å². The Morgan fingerprint density at radius 3 is 2.85 bits per heavy atom. The monoisotopic (exact) mass is 406 g/mol. The van der Waals surface area contributed by atoms with Gasteiger partial charge in [0, 0.05) is 11.8 Å². The van der Waals surface area contributed by atoms with Gasteiger partial charge in [-0.25, -0.2) is 0 Å². The number of aromatic nitrogens is 1. The molecule has 9 heteroatoms. The van der Waals surface area contributed by atoms with Crippen LogP contribution in [0.15, 0.2) is 15.4 Å². The number of hydrogen-bond donors (Lipinski definition) is 1. The third kappa shape index (κ3) is 2.40. The van der Waals surface area contributed by atoms with Crippen molar-refractivity contribution in [2.24, 2.45) is 23.7 Å². The smallest absolute Gasteiger partial charge is 0.307 e. The summed E-state index contributed by atoms with van der Waals surface area (Å²) in [4.78, 5) is 54.1. The minimum Gasteiger partial charge on any atom is -0.466 e. The maximum atomic E-state index is 13.0. The number of ether oxygens (including phenoxy) is 1. The second-order valence-corrected chi connectivity index (χ2v) is 9.50. The zero-order valence-corrected chi connectivity index (χ0v) is 16.2. The summed E-state index contributed by atoms with van der Waals surface area (Å²) in [5.41, 5.74) is 1.20. The molecule has 1 saturated heterocycles. The van der Waals surface area contributed by atoms with E-state index < -0.39 is 5.97 Å². The normalized spacial score (nSPS) is 33.0. The van der Waals surface area contributed by atoms with Crippen LogP contribution in [0, 0.1) is 23.7 Å². The standard InChI is InChI=1S/C18H18N2O5S2/c1-2-25-11(21)3-4-20-16(22)12-7-5-9(13(12)17(20)23)14-8(7)6-10-15(27-14)19-18(24)26-10/h6-7,9,12-14H,2-5H2,1H3,(H,19,24)/t7-,9+,12+,13+,14-/m0/s1. The molecule has 3 fully saturated rings. The SMILES string of the molecule is CCOC(=O)CCN1C(=O)[C@@H]2[C@H]3C[C@@H](C4=Cc5sc(=O)[nH]c5S[C@@H]43)[C@H]2C1=O. The molecular formula is C18H18N2O5S2. The predicted octanol–water partition coefficient (Wildman–Crippen LogP) is 1.50. The third-order valence-corrected chi connectivity index (χ3v) is 8.48. The number of carbonyl (C=O) groups excluding carboxylic acids is 3. The molecule has 27 heavy (non-hydrogen) atoms. The van der Waals surface area contributed by atoms with Crippen molar-refractivity contribution in [2.45, 2.75) is 30.0 Å². The molecule has 3 heterocycles. The number of imide groups is 1. The molecule has 2 aliphatic carbocycles. The van der Waals surface area contributed by atoms with E-state index in [0.717, 1.165) is 16.3 Å². The Labute approximate surface area is 163 Å². The zero-order chi connectivity index (χ0) is 18.9. The number of nitrogens with zero attached hydrogens (tertiary/aromatic N) is 1. The average Bonchev–Trinajstić information content (AvgIpc) is 3.33. The van der Waals surface area contributed by atoms with Gasteiger partial charge in [0.25, 0.3) is 0 Å². The van der Waals surface area contributed by atoms with E-state index in [2.05, 4.69) is 11.1 Å². The first-order valence-electron chi connectivity index (χ1n) is 9.11. The highest BCUT2D eigenvalue weighted by atomic mass is 32.2. The summed E-state index contributed by atoms with van der Waals surface area (Å²) in [5.74, 6) is -1.14. The van der Waals surface area contributed by atoms with E-state index in [1.165, 1.54) is 21.8 Å². The summed E-state index contributed by atoms with van der Waals surface area (Å²) in [6.45, 7) is 2.11. The number of carbonyl (C=O) groups is 3. The van der Waals surface area contributed by atoms with Crippen molar-refractivity contribution in [1.82, 2.24) is 9.88 Å². The molecule has 0 spiro atoms. The number of hydrogen-bond acceptors (Lipinski definition) is 7. The van der Waals surface area contributed by atoms with Crippen molar-refractivity contribution in [3.8, 4) is 0 Å². The van der Waals surface area contributed by atoms with Crippen LogP contribution in [-0.4, -0.2) is 46.1 Å². The Hall–Kier alpha value is -1.87. The molecule has 1 aromatic heterocycles. The molecule has 1 N–H and O–H groups in total. The van der Waals surface area contributed by atoms with Gasteiger partial charge in [0.05, 0.1) is 34.8 Å². The fraction of sp³-hybridized carbons (Fsp3) is 0.556. The molecule has 0 unspecified atom stereocenters. The van der Waals surface area contributed by atoms with Gasteiger partial charge >= 0.3 is 10.8 Å². The van der Waals surface area contributed by atoms with E-state index in [1.54, 1.807) is 18.7 Å². The highest BCUT2D eigenvalue weighted by molar-refractivity contribution is 8.00. The van der Waals surface area contributed by atoms with Crippen LogP contribution in [0.25, 0.3) is 6.08 Å². The number of nitrogens with one attached hydrogen (secondary N) is 1. The second kappa shape index (κ2) is 6.07. The highest BCUT2D eigenvalue weighted by Crippen LogP contribution is 2.64. The van der Waals surface area contributed by atoms with Crippen LogP contribution >= 0.6 is 23.1 Å². The molecule has 142 valence electrons. The lowest BCUT2D eigenvalue weighted by molar-refractivity contribution is -0.145. The number of thioether (sulfide) groups is 1. The zero-order valence-electron chi connectivity index (χ0n) is 14.6. The van der Waals surface area contributed by atoms with Crippen LogP contribution in [0.2, 0.25) is 0 Å². The number of esters is 1. The van der Waals surface area contributed by atoms with Crippen LogP contribution in [0.4, 0.5) is 0 Å². The molecule has 2 saturated carbocycles. The first-order valence-corrected chi connectivity index (χ1v) is 10.8. The molecule has 0 radical (unpaired) electrons.